The van der Waals surface area contributed by atoms with Crippen LogP contribution < -0.4 is 0 Å². The molecule has 0 aliphatic rings. The number of nitrogens with zero attached hydrogens (tertiary/aromatic N) is 2. The summed E-state index contributed by atoms with van der Waals surface area (Å²) in [7, 11) is 0. The van der Waals surface area contributed by atoms with Crippen LogP contribution in [-0.2, 0) is 6.54 Å². The van der Waals surface area contributed by atoms with Crippen molar-refractivity contribution < 1.29 is 0 Å². The minimum absolute atomic E-state index is 0.423. The summed E-state index contributed by atoms with van der Waals surface area (Å²) in [6.07, 6.45) is 1.63. The van der Waals surface area contributed by atoms with E-state index < -0.39 is 0 Å². The number of aromatic nitrogens is 3. The van der Waals surface area contributed by atoms with Crippen LogP contribution in [0, 0.1) is 11.7 Å². The predicted molar refractivity (Wildman–Crippen MR) is 67.0 cm³/mol. The van der Waals surface area contributed by atoms with Crippen LogP contribution in [0.1, 0.15) is 24.0 Å². The second kappa shape index (κ2) is 4.61. The SMILES string of the molecule is Cc1cccc(C(C)Cn2[nH]cnc2=S)c1. The first-order chi connectivity index (χ1) is 7.66. The zero-order valence-electron chi connectivity index (χ0n) is 9.47. The third-order valence-electron chi connectivity index (χ3n) is 2.69. The van der Waals surface area contributed by atoms with Crippen molar-refractivity contribution in [3.8, 4) is 0 Å². The van der Waals surface area contributed by atoms with Crippen molar-refractivity contribution in [2.24, 2.45) is 0 Å². The van der Waals surface area contributed by atoms with Gasteiger partial charge in [-0.1, -0.05) is 36.8 Å². The zero-order valence-corrected chi connectivity index (χ0v) is 10.3. The van der Waals surface area contributed by atoms with Gasteiger partial charge in [0.2, 0.25) is 4.77 Å². The third-order valence-corrected chi connectivity index (χ3v) is 3.01. The van der Waals surface area contributed by atoms with Crippen molar-refractivity contribution in [3.05, 3.63) is 46.5 Å². The number of aromatic amines is 1. The lowest BCUT2D eigenvalue weighted by Crippen LogP contribution is -2.08. The van der Waals surface area contributed by atoms with Crippen molar-refractivity contribution in [3.63, 3.8) is 0 Å². The molecular formula is C12H15N3S. The van der Waals surface area contributed by atoms with Gasteiger partial charge in [-0.2, -0.15) is 0 Å². The van der Waals surface area contributed by atoms with Crippen LogP contribution in [-0.4, -0.2) is 14.8 Å². The normalized spacial score (nSPS) is 12.6. The molecule has 1 N–H and O–H groups in total. The lowest BCUT2D eigenvalue weighted by atomic mass is 9.99. The molecule has 0 aliphatic heterocycles. The molecule has 0 bridgehead atoms. The zero-order chi connectivity index (χ0) is 11.5. The van der Waals surface area contributed by atoms with Gasteiger partial charge in [0, 0.05) is 12.5 Å². The van der Waals surface area contributed by atoms with E-state index in [0.717, 1.165) is 6.54 Å². The van der Waals surface area contributed by atoms with Crippen molar-refractivity contribution in [1.29, 1.82) is 0 Å². The highest BCUT2D eigenvalue weighted by atomic mass is 32.1. The minimum Gasteiger partial charge on any atom is -0.286 e. The molecule has 2 aromatic rings. The molecule has 1 atom stereocenters. The fourth-order valence-corrected chi connectivity index (χ4v) is 1.95. The van der Waals surface area contributed by atoms with E-state index in [2.05, 4.69) is 48.2 Å². The Morgan fingerprint density at radius 3 is 2.94 bits per heavy atom. The van der Waals surface area contributed by atoms with Crippen LogP contribution in [0.25, 0.3) is 0 Å². The van der Waals surface area contributed by atoms with Crippen LogP contribution in [0.4, 0.5) is 0 Å². The number of nitrogens with one attached hydrogen (secondary N) is 1. The Hall–Kier alpha value is -1.42. The maximum absolute atomic E-state index is 5.10. The Bertz CT molecular complexity index is 527. The van der Waals surface area contributed by atoms with E-state index in [1.165, 1.54) is 11.1 Å². The van der Waals surface area contributed by atoms with E-state index in [-0.39, 0.29) is 0 Å². The number of hydrogen-bond acceptors (Lipinski definition) is 2. The predicted octanol–water partition coefficient (Wildman–Crippen LogP) is 3.05. The third kappa shape index (κ3) is 2.39. The van der Waals surface area contributed by atoms with Crippen molar-refractivity contribution in [2.45, 2.75) is 26.3 Å². The summed E-state index contributed by atoms with van der Waals surface area (Å²) in [5.74, 6) is 0.423. The van der Waals surface area contributed by atoms with Gasteiger partial charge in [0.1, 0.15) is 6.33 Å². The molecule has 1 unspecified atom stereocenters. The van der Waals surface area contributed by atoms with Gasteiger partial charge in [-0.3, -0.25) is 9.78 Å². The maximum Gasteiger partial charge on any atom is 0.215 e. The first-order valence-electron chi connectivity index (χ1n) is 5.33. The molecule has 1 aromatic carbocycles. The van der Waals surface area contributed by atoms with E-state index >= 15 is 0 Å². The summed E-state index contributed by atoms with van der Waals surface area (Å²) in [5.41, 5.74) is 2.62. The molecule has 1 heterocycles. The molecular weight excluding hydrogens is 218 g/mol. The average Bonchev–Trinajstić information content (AvgIpc) is 2.64. The van der Waals surface area contributed by atoms with Gasteiger partial charge in [0.15, 0.2) is 0 Å². The van der Waals surface area contributed by atoms with Crippen LogP contribution in [0.15, 0.2) is 30.6 Å². The molecule has 2 rings (SSSR count). The summed E-state index contributed by atoms with van der Waals surface area (Å²) in [4.78, 5) is 4.00. The molecule has 0 spiro atoms. The van der Waals surface area contributed by atoms with E-state index in [9.17, 15) is 0 Å². The summed E-state index contributed by atoms with van der Waals surface area (Å²) in [6, 6.07) is 8.56. The fourth-order valence-electron chi connectivity index (χ4n) is 1.77. The molecule has 0 radical (unpaired) electrons. The van der Waals surface area contributed by atoms with Crippen LogP contribution in [0.2, 0.25) is 0 Å². The highest BCUT2D eigenvalue weighted by Crippen LogP contribution is 2.17. The van der Waals surface area contributed by atoms with E-state index in [1.54, 1.807) is 6.33 Å². The molecule has 84 valence electrons. The Morgan fingerprint density at radius 1 is 1.50 bits per heavy atom. The largest absolute Gasteiger partial charge is 0.286 e. The van der Waals surface area contributed by atoms with Gasteiger partial charge >= 0.3 is 0 Å². The van der Waals surface area contributed by atoms with Crippen LogP contribution in [0.3, 0.4) is 0 Å². The molecule has 0 aliphatic carbocycles. The Kier molecular flexibility index (Phi) is 3.19. The smallest absolute Gasteiger partial charge is 0.215 e. The molecule has 3 nitrogen and oxygen atoms in total. The highest BCUT2D eigenvalue weighted by Gasteiger charge is 2.07. The van der Waals surface area contributed by atoms with Gasteiger partial charge in [0.05, 0.1) is 0 Å². The van der Waals surface area contributed by atoms with Crippen LogP contribution >= 0.6 is 12.2 Å². The van der Waals surface area contributed by atoms with Gasteiger partial charge in [0.25, 0.3) is 0 Å². The number of H-pyrrole nitrogens is 1. The fraction of sp³-hybridized carbons (Fsp3) is 0.333. The number of benzene rings is 1. The Labute approximate surface area is 100 Å². The number of rotatable bonds is 3. The van der Waals surface area contributed by atoms with E-state index in [4.69, 9.17) is 12.2 Å². The molecule has 0 amide bonds. The molecule has 0 saturated heterocycles. The summed E-state index contributed by atoms with van der Waals surface area (Å²) >= 11 is 5.10. The summed E-state index contributed by atoms with van der Waals surface area (Å²) in [5, 5.41) is 3.02. The van der Waals surface area contributed by atoms with E-state index in [0.29, 0.717) is 10.7 Å². The van der Waals surface area contributed by atoms with Gasteiger partial charge in [-0.05, 0) is 24.7 Å². The molecule has 16 heavy (non-hydrogen) atoms. The highest BCUT2D eigenvalue weighted by molar-refractivity contribution is 7.71. The number of hydrogen-bond donors (Lipinski definition) is 1. The molecule has 0 fully saturated rings. The molecule has 4 heteroatoms. The van der Waals surface area contributed by atoms with E-state index in [1.807, 2.05) is 4.68 Å². The molecule has 0 saturated carbocycles. The summed E-state index contributed by atoms with van der Waals surface area (Å²) in [6.45, 7) is 5.14. The minimum atomic E-state index is 0.423. The van der Waals surface area contributed by atoms with Gasteiger partial charge < -0.3 is 0 Å². The second-order valence-electron chi connectivity index (χ2n) is 4.10. The lowest BCUT2D eigenvalue weighted by molar-refractivity contribution is 0.536. The monoisotopic (exact) mass is 233 g/mol. The first kappa shape index (κ1) is 11.1. The van der Waals surface area contributed by atoms with Gasteiger partial charge in [-0.15, -0.1) is 0 Å². The van der Waals surface area contributed by atoms with Crippen molar-refractivity contribution >= 4 is 12.2 Å². The maximum atomic E-state index is 5.10. The van der Waals surface area contributed by atoms with Gasteiger partial charge in [-0.25, -0.2) is 4.98 Å². The summed E-state index contributed by atoms with van der Waals surface area (Å²) < 4.78 is 2.50. The second-order valence-corrected chi connectivity index (χ2v) is 4.46. The topological polar surface area (TPSA) is 33.6 Å². The standard InChI is InChI=1S/C12H15N3S/c1-9-4-3-5-11(6-9)10(2)7-15-12(16)13-8-14-15/h3-6,8,10H,7H2,1-2H3,(H,13,14,16). The average molecular weight is 233 g/mol. The van der Waals surface area contributed by atoms with Crippen LogP contribution in [0.5, 0.6) is 0 Å². The first-order valence-corrected chi connectivity index (χ1v) is 5.74. The molecule has 1 aromatic heterocycles. The quantitative estimate of drug-likeness (QED) is 0.827. The lowest BCUT2D eigenvalue weighted by Gasteiger charge is -2.12. The van der Waals surface area contributed by atoms with Crippen molar-refractivity contribution in [2.75, 3.05) is 0 Å². The van der Waals surface area contributed by atoms with Crippen molar-refractivity contribution in [1.82, 2.24) is 14.8 Å². The Balaban J connectivity index is 2.18. The number of aryl methyl sites for hydroxylation is 1. The Morgan fingerprint density at radius 2 is 2.31 bits per heavy atom.